The van der Waals surface area contributed by atoms with Crippen molar-refractivity contribution in [2.45, 2.75) is 43.5 Å². The zero-order valence-corrected chi connectivity index (χ0v) is 19.1. The summed E-state index contributed by atoms with van der Waals surface area (Å²) in [7, 11) is -3.94. The molecule has 0 bridgehead atoms. The van der Waals surface area contributed by atoms with Gasteiger partial charge in [-0.2, -0.15) is 0 Å². The van der Waals surface area contributed by atoms with Gasteiger partial charge in [0.1, 0.15) is 5.75 Å². The molecule has 1 unspecified atom stereocenters. The number of rotatable bonds is 4. The summed E-state index contributed by atoms with van der Waals surface area (Å²) >= 11 is 3.36. The van der Waals surface area contributed by atoms with Crippen LogP contribution in [0.2, 0.25) is 0 Å². The number of amides is 2. The normalized spacial score (nSPS) is 17.9. The fourth-order valence-corrected chi connectivity index (χ4v) is 6.49. The minimum absolute atomic E-state index is 0.0266. The lowest BCUT2D eigenvalue weighted by Gasteiger charge is -2.26. The van der Waals surface area contributed by atoms with Gasteiger partial charge in [-0.25, -0.2) is 8.42 Å². The maximum atomic E-state index is 13.2. The second-order valence-corrected chi connectivity index (χ2v) is 10.7. The summed E-state index contributed by atoms with van der Waals surface area (Å²) in [4.78, 5) is 26.2. The first kappa shape index (κ1) is 21.1. The average Bonchev–Trinajstić information content (AvgIpc) is 3.11. The predicted molar refractivity (Wildman–Crippen MR) is 118 cm³/mol. The highest BCUT2D eigenvalue weighted by Gasteiger charge is 2.33. The Kier molecular flexibility index (Phi) is 5.72. The molecule has 158 valence electrons. The minimum atomic E-state index is -3.94. The van der Waals surface area contributed by atoms with E-state index in [1.54, 1.807) is 0 Å². The molecular formula is C22H23BrN2O4S. The molecule has 0 spiro atoms. The number of carbonyl (C=O) groups excluding carboxylic acids is 2. The van der Waals surface area contributed by atoms with Gasteiger partial charge in [0.25, 0.3) is 0 Å². The number of nitrogens with one attached hydrogen (secondary N) is 1. The molecule has 1 N–H and O–H groups in total. The smallest absolute Gasteiger partial charge is 0.236 e. The Bertz CT molecular complexity index is 1130. The van der Waals surface area contributed by atoms with Gasteiger partial charge in [0.05, 0.1) is 16.6 Å². The number of sulfone groups is 1. The summed E-state index contributed by atoms with van der Waals surface area (Å²) in [6, 6.07) is 11.1. The number of nitrogens with zero attached hydrogens (tertiary/aromatic N) is 1. The van der Waals surface area contributed by atoms with E-state index in [0.717, 1.165) is 30.4 Å². The van der Waals surface area contributed by atoms with Gasteiger partial charge in [-0.3, -0.25) is 9.59 Å². The van der Waals surface area contributed by atoms with Crippen LogP contribution >= 0.6 is 15.9 Å². The first-order valence-corrected chi connectivity index (χ1v) is 12.4. The molecule has 8 heteroatoms. The Morgan fingerprint density at radius 3 is 2.70 bits per heavy atom. The van der Waals surface area contributed by atoms with Crippen molar-refractivity contribution in [2.75, 3.05) is 17.2 Å². The number of halogens is 1. The van der Waals surface area contributed by atoms with Crippen LogP contribution in [0.3, 0.4) is 0 Å². The minimum Gasteiger partial charge on any atom is -0.348 e. The van der Waals surface area contributed by atoms with Crippen molar-refractivity contribution in [3.05, 3.63) is 57.6 Å². The monoisotopic (exact) mass is 490 g/mol. The van der Waals surface area contributed by atoms with E-state index in [1.807, 2.05) is 30.3 Å². The highest BCUT2D eigenvalue weighted by Crippen LogP contribution is 2.38. The fourth-order valence-electron chi connectivity index (χ4n) is 4.41. The Hall–Kier alpha value is -2.19. The third-order valence-electron chi connectivity index (χ3n) is 5.73. The lowest BCUT2D eigenvalue weighted by Crippen LogP contribution is -2.35. The number of fused-ring (bicyclic) bond motifs is 2. The lowest BCUT2D eigenvalue weighted by molar-refractivity contribution is -0.119. The molecule has 1 atom stereocenters. The fraction of sp³-hybridized carbons (Fsp3) is 0.364. The predicted octanol–water partition coefficient (Wildman–Crippen LogP) is 3.33. The van der Waals surface area contributed by atoms with Crippen molar-refractivity contribution in [1.29, 1.82) is 0 Å². The number of aryl methyl sites for hydroxylation is 1. The van der Waals surface area contributed by atoms with Crippen molar-refractivity contribution in [1.82, 2.24) is 5.32 Å². The number of carbonyl (C=O) groups is 2. The highest BCUT2D eigenvalue weighted by molar-refractivity contribution is 9.10. The summed E-state index contributed by atoms with van der Waals surface area (Å²) in [5.41, 5.74) is 3.45. The molecule has 2 aromatic rings. The molecule has 4 rings (SSSR count). The van der Waals surface area contributed by atoms with Gasteiger partial charge in [-0.1, -0.05) is 40.2 Å². The Morgan fingerprint density at radius 2 is 1.93 bits per heavy atom. The summed E-state index contributed by atoms with van der Waals surface area (Å²) in [6.45, 7) is 1.86. The van der Waals surface area contributed by atoms with Crippen LogP contribution in [-0.2, 0) is 32.3 Å². The van der Waals surface area contributed by atoms with E-state index >= 15 is 0 Å². The first-order valence-electron chi connectivity index (χ1n) is 9.97. The van der Waals surface area contributed by atoms with Gasteiger partial charge < -0.3 is 10.2 Å². The third kappa shape index (κ3) is 4.03. The second-order valence-electron chi connectivity index (χ2n) is 7.80. The van der Waals surface area contributed by atoms with Gasteiger partial charge in [-0.15, -0.1) is 0 Å². The SMILES string of the molecule is CC(=O)N1CCc2cc(Br)cc(S(=O)(=O)CC(=O)NC3CCCc4ccccc43)c21. The summed E-state index contributed by atoms with van der Waals surface area (Å²) < 4.78 is 27.0. The van der Waals surface area contributed by atoms with Gasteiger partial charge in [-0.05, 0) is 54.5 Å². The van der Waals surface area contributed by atoms with E-state index < -0.39 is 21.5 Å². The molecule has 0 radical (unpaired) electrons. The largest absolute Gasteiger partial charge is 0.348 e. The maximum Gasteiger partial charge on any atom is 0.236 e. The van der Waals surface area contributed by atoms with Crippen molar-refractivity contribution < 1.29 is 18.0 Å². The van der Waals surface area contributed by atoms with E-state index in [-0.39, 0.29) is 16.8 Å². The van der Waals surface area contributed by atoms with Crippen LogP contribution in [0.1, 0.15) is 42.5 Å². The van der Waals surface area contributed by atoms with Crippen LogP contribution in [0.4, 0.5) is 5.69 Å². The molecule has 2 amide bonds. The van der Waals surface area contributed by atoms with E-state index in [1.165, 1.54) is 23.5 Å². The van der Waals surface area contributed by atoms with Crippen LogP contribution < -0.4 is 10.2 Å². The quantitative estimate of drug-likeness (QED) is 0.712. The van der Waals surface area contributed by atoms with Crippen LogP contribution in [0.25, 0.3) is 0 Å². The maximum absolute atomic E-state index is 13.2. The number of hydrogen-bond acceptors (Lipinski definition) is 4. The molecule has 0 saturated carbocycles. The number of hydrogen-bond donors (Lipinski definition) is 1. The standard InChI is InChI=1S/C22H23BrN2O4S/c1-14(26)25-10-9-16-11-17(23)12-20(22(16)25)30(28,29)13-21(27)24-19-8-4-6-15-5-2-3-7-18(15)19/h2-3,5,7,11-12,19H,4,6,8-10,13H2,1H3,(H,24,27). The zero-order chi connectivity index (χ0) is 21.5. The average molecular weight is 491 g/mol. The highest BCUT2D eigenvalue weighted by atomic mass is 79.9. The van der Waals surface area contributed by atoms with Crippen LogP contribution in [0, 0.1) is 0 Å². The molecule has 1 aliphatic carbocycles. The molecule has 2 aromatic carbocycles. The topological polar surface area (TPSA) is 83.6 Å². The van der Waals surface area contributed by atoms with Crippen molar-refractivity contribution in [2.24, 2.45) is 0 Å². The second kappa shape index (κ2) is 8.15. The number of anilines is 1. The molecule has 1 aliphatic heterocycles. The Labute approximate surface area is 184 Å². The summed E-state index contributed by atoms with van der Waals surface area (Å²) in [6.07, 6.45) is 3.28. The molecule has 1 heterocycles. The Morgan fingerprint density at radius 1 is 1.17 bits per heavy atom. The third-order valence-corrected chi connectivity index (χ3v) is 7.82. The lowest BCUT2D eigenvalue weighted by atomic mass is 9.88. The molecular weight excluding hydrogens is 468 g/mol. The zero-order valence-electron chi connectivity index (χ0n) is 16.7. The van der Waals surface area contributed by atoms with Crippen molar-refractivity contribution in [3.8, 4) is 0 Å². The molecule has 0 aromatic heterocycles. The van der Waals surface area contributed by atoms with Gasteiger partial charge in [0.15, 0.2) is 9.84 Å². The van der Waals surface area contributed by atoms with Gasteiger partial charge in [0, 0.05) is 17.9 Å². The molecule has 2 aliphatic rings. The molecule has 0 fully saturated rings. The molecule has 0 saturated heterocycles. The number of benzene rings is 2. The Balaban J connectivity index is 1.59. The van der Waals surface area contributed by atoms with E-state index in [0.29, 0.717) is 23.1 Å². The van der Waals surface area contributed by atoms with E-state index in [4.69, 9.17) is 0 Å². The van der Waals surface area contributed by atoms with Crippen LogP contribution in [0.5, 0.6) is 0 Å². The van der Waals surface area contributed by atoms with Crippen LogP contribution in [0.15, 0.2) is 45.8 Å². The molecule has 30 heavy (non-hydrogen) atoms. The first-order chi connectivity index (χ1) is 14.3. The van der Waals surface area contributed by atoms with Crippen molar-refractivity contribution >= 4 is 43.3 Å². The van der Waals surface area contributed by atoms with Gasteiger partial charge in [0.2, 0.25) is 11.8 Å². The summed E-state index contributed by atoms with van der Waals surface area (Å²) in [5, 5.41) is 2.91. The van der Waals surface area contributed by atoms with E-state index in [2.05, 4.69) is 21.2 Å². The summed E-state index contributed by atoms with van der Waals surface area (Å²) in [5.74, 6) is -1.39. The van der Waals surface area contributed by atoms with Crippen molar-refractivity contribution in [3.63, 3.8) is 0 Å². The molecule has 6 nitrogen and oxygen atoms in total. The van der Waals surface area contributed by atoms with Crippen LogP contribution in [-0.4, -0.2) is 32.5 Å². The van der Waals surface area contributed by atoms with E-state index in [9.17, 15) is 18.0 Å². The van der Waals surface area contributed by atoms with Gasteiger partial charge >= 0.3 is 0 Å².